The predicted octanol–water partition coefficient (Wildman–Crippen LogP) is 6.39. The predicted molar refractivity (Wildman–Crippen MR) is 108 cm³/mol. The zero-order valence-corrected chi connectivity index (χ0v) is 16.2. The maximum absolute atomic E-state index is 9.43. The Hall–Kier alpha value is -1.12. The van der Waals surface area contributed by atoms with Crippen LogP contribution >= 0.6 is 0 Å². The lowest BCUT2D eigenvalue weighted by Gasteiger charge is -2.08. The van der Waals surface area contributed by atoms with Crippen molar-refractivity contribution >= 4 is 6.08 Å². The number of allylic oxidation sites excluding steroid dienone is 1. The molecule has 0 heterocycles. The summed E-state index contributed by atoms with van der Waals surface area (Å²) in [6.45, 7) is 2.31. The molecule has 0 saturated heterocycles. The summed E-state index contributed by atoms with van der Waals surface area (Å²) in [5.74, 6) is 0. The Kier molecular flexibility index (Phi) is 13.3. The van der Waals surface area contributed by atoms with Gasteiger partial charge in [0.15, 0.2) is 0 Å². The topological polar surface area (TPSA) is 40.5 Å². The van der Waals surface area contributed by atoms with Crippen molar-refractivity contribution in [3.63, 3.8) is 0 Å². The van der Waals surface area contributed by atoms with Gasteiger partial charge in [-0.25, -0.2) is 0 Å². The van der Waals surface area contributed by atoms with Gasteiger partial charge in [-0.15, -0.1) is 0 Å². The van der Waals surface area contributed by atoms with Crippen LogP contribution in [0.25, 0.3) is 6.08 Å². The third-order valence-electron chi connectivity index (χ3n) is 4.89. The quantitative estimate of drug-likeness (QED) is 0.361. The Labute approximate surface area is 155 Å². The zero-order chi connectivity index (χ0) is 18.2. The van der Waals surface area contributed by atoms with E-state index in [9.17, 15) is 10.2 Å². The van der Waals surface area contributed by atoms with Gasteiger partial charge in [0.2, 0.25) is 0 Å². The van der Waals surface area contributed by atoms with Gasteiger partial charge in [-0.05, 0) is 29.5 Å². The highest BCUT2D eigenvalue weighted by molar-refractivity contribution is 5.57. The third-order valence-corrected chi connectivity index (χ3v) is 4.89. The summed E-state index contributed by atoms with van der Waals surface area (Å²) in [5, 5.41) is 18.9. The molecule has 0 radical (unpaired) electrons. The van der Waals surface area contributed by atoms with Crippen molar-refractivity contribution in [2.75, 3.05) is 0 Å². The summed E-state index contributed by atoms with van der Waals surface area (Å²) in [6, 6.07) is 5.72. The van der Waals surface area contributed by atoms with Crippen LogP contribution in [0.3, 0.4) is 0 Å². The van der Waals surface area contributed by atoms with Crippen molar-refractivity contribution in [3.8, 4) is 0 Å². The molecule has 1 rings (SSSR count). The highest BCUT2D eigenvalue weighted by atomic mass is 16.3. The van der Waals surface area contributed by atoms with Crippen molar-refractivity contribution in [1.29, 1.82) is 0 Å². The van der Waals surface area contributed by atoms with Crippen molar-refractivity contribution < 1.29 is 10.2 Å². The van der Waals surface area contributed by atoms with Crippen LogP contribution in [0.15, 0.2) is 24.3 Å². The second-order valence-corrected chi connectivity index (χ2v) is 7.03. The van der Waals surface area contributed by atoms with Crippen molar-refractivity contribution in [3.05, 3.63) is 41.0 Å². The Balaban J connectivity index is 2.09. The minimum absolute atomic E-state index is 0.0198. The monoisotopic (exact) mass is 346 g/mol. The molecule has 0 amide bonds. The maximum Gasteiger partial charge on any atom is 0.0687 e. The lowest BCUT2D eigenvalue weighted by Crippen LogP contribution is -1.95. The molecule has 1 aromatic carbocycles. The van der Waals surface area contributed by atoms with Gasteiger partial charge in [-0.1, -0.05) is 101 Å². The molecule has 0 unspecified atom stereocenters. The summed E-state index contributed by atoms with van der Waals surface area (Å²) in [7, 11) is 0. The van der Waals surface area contributed by atoms with Crippen LogP contribution < -0.4 is 0 Å². The highest BCUT2D eigenvalue weighted by Gasteiger charge is 2.03. The van der Waals surface area contributed by atoms with Crippen LogP contribution in [-0.2, 0) is 13.2 Å². The molecule has 0 bridgehead atoms. The number of hydrogen-bond acceptors (Lipinski definition) is 2. The van der Waals surface area contributed by atoms with E-state index in [-0.39, 0.29) is 13.2 Å². The van der Waals surface area contributed by atoms with Gasteiger partial charge >= 0.3 is 0 Å². The standard InChI is InChI=1S/C23H38O2/c1-2-3-4-5-6-7-8-9-10-11-12-13-14-18-23-21(19-24)16-15-17-22(23)20-25/h14-18,24-25H,2-13,19-20H2,1H3/b18-14+. The van der Waals surface area contributed by atoms with E-state index in [1.54, 1.807) is 0 Å². The lowest BCUT2D eigenvalue weighted by atomic mass is 10.0. The van der Waals surface area contributed by atoms with Crippen molar-refractivity contribution in [2.24, 2.45) is 0 Å². The summed E-state index contributed by atoms with van der Waals surface area (Å²) in [5.41, 5.74) is 2.76. The third kappa shape index (κ3) is 9.81. The first-order valence-corrected chi connectivity index (χ1v) is 10.3. The van der Waals surface area contributed by atoms with Gasteiger partial charge < -0.3 is 10.2 Å². The van der Waals surface area contributed by atoms with Gasteiger partial charge in [-0.3, -0.25) is 0 Å². The van der Waals surface area contributed by atoms with E-state index >= 15 is 0 Å². The zero-order valence-electron chi connectivity index (χ0n) is 16.2. The van der Waals surface area contributed by atoms with Gasteiger partial charge in [0.25, 0.3) is 0 Å². The fourth-order valence-electron chi connectivity index (χ4n) is 3.28. The van der Waals surface area contributed by atoms with E-state index in [1.165, 1.54) is 70.6 Å². The average Bonchev–Trinajstić information content (AvgIpc) is 2.65. The number of hydrogen-bond donors (Lipinski definition) is 2. The molecule has 2 heteroatoms. The average molecular weight is 347 g/mol. The molecule has 0 aliphatic rings. The Morgan fingerprint density at radius 1 is 0.720 bits per heavy atom. The fourth-order valence-corrected chi connectivity index (χ4v) is 3.28. The molecule has 0 fully saturated rings. The largest absolute Gasteiger partial charge is 0.392 e. The van der Waals surface area contributed by atoms with Gasteiger partial charge in [0.05, 0.1) is 13.2 Å². The molecule has 0 atom stereocenters. The van der Waals surface area contributed by atoms with E-state index in [0.29, 0.717) is 0 Å². The van der Waals surface area contributed by atoms with Crippen LogP contribution in [0.1, 0.15) is 101 Å². The van der Waals surface area contributed by atoms with Crippen LogP contribution in [0.4, 0.5) is 0 Å². The summed E-state index contributed by atoms with van der Waals surface area (Å²) >= 11 is 0. The molecule has 1 aromatic rings. The molecule has 25 heavy (non-hydrogen) atoms. The highest BCUT2D eigenvalue weighted by Crippen LogP contribution is 2.18. The Morgan fingerprint density at radius 3 is 1.68 bits per heavy atom. The fraction of sp³-hybridized carbons (Fsp3) is 0.652. The van der Waals surface area contributed by atoms with E-state index in [4.69, 9.17) is 0 Å². The molecule has 2 N–H and O–H groups in total. The molecule has 0 aliphatic carbocycles. The van der Waals surface area contributed by atoms with E-state index in [0.717, 1.165) is 23.1 Å². The molecular formula is C23H38O2. The van der Waals surface area contributed by atoms with Crippen LogP contribution in [-0.4, -0.2) is 10.2 Å². The first-order chi connectivity index (χ1) is 12.3. The Morgan fingerprint density at radius 2 is 1.20 bits per heavy atom. The smallest absolute Gasteiger partial charge is 0.0687 e. The first-order valence-electron chi connectivity index (χ1n) is 10.3. The normalized spacial score (nSPS) is 11.5. The van der Waals surface area contributed by atoms with Crippen LogP contribution in [0, 0.1) is 0 Å². The molecule has 0 aliphatic heterocycles. The summed E-state index contributed by atoms with van der Waals surface area (Å²) in [6.07, 6.45) is 20.4. The molecule has 142 valence electrons. The molecule has 0 spiro atoms. The Bertz CT molecular complexity index is 443. The van der Waals surface area contributed by atoms with Crippen LogP contribution in [0.2, 0.25) is 0 Å². The minimum atomic E-state index is 0.0198. The van der Waals surface area contributed by atoms with E-state index in [2.05, 4.69) is 19.1 Å². The van der Waals surface area contributed by atoms with Gasteiger partial charge in [0.1, 0.15) is 0 Å². The SMILES string of the molecule is CCCCCCCCCCCCC/C=C/c1c(CO)cccc1CO. The number of aliphatic hydroxyl groups excluding tert-OH is 2. The maximum atomic E-state index is 9.43. The first kappa shape index (κ1) is 21.9. The van der Waals surface area contributed by atoms with Crippen LogP contribution in [0.5, 0.6) is 0 Å². The van der Waals surface area contributed by atoms with E-state index in [1.807, 2.05) is 18.2 Å². The van der Waals surface area contributed by atoms with E-state index < -0.39 is 0 Å². The second-order valence-electron chi connectivity index (χ2n) is 7.03. The number of benzene rings is 1. The van der Waals surface area contributed by atoms with Crippen molar-refractivity contribution in [1.82, 2.24) is 0 Å². The minimum Gasteiger partial charge on any atom is -0.392 e. The molecule has 2 nitrogen and oxygen atoms in total. The summed E-state index contributed by atoms with van der Waals surface area (Å²) in [4.78, 5) is 0. The van der Waals surface area contributed by atoms with Gasteiger partial charge in [0, 0.05) is 0 Å². The van der Waals surface area contributed by atoms with Crippen molar-refractivity contribution in [2.45, 2.75) is 97.2 Å². The summed E-state index contributed by atoms with van der Waals surface area (Å²) < 4.78 is 0. The molecule has 0 saturated carbocycles. The molecular weight excluding hydrogens is 308 g/mol. The molecule has 0 aromatic heterocycles. The second kappa shape index (κ2) is 15.2. The van der Waals surface area contributed by atoms with Gasteiger partial charge in [-0.2, -0.15) is 0 Å². The number of aliphatic hydroxyl groups is 2. The number of unbranched alkanes of at least 4 members (excludes halogenated alkanes) is 11. The number of rotatable bonds is 15. The lowest BCUT2D eigenvalue weighted by molar-refractivity contribution is 0.275.